The molecule has 0 aliphatic carbocycles. The molecule has 4 rings (SSSR count). The number of nitrogens with two attached hydrogens (primary N) is 3. The number of para-hydroxylation sites is 1. The monoisotopic (exact) mass is 615 g/mol. The van der Waals surface area contributed by atoms with Gasteiger partial charge in [-0.25, -0.2) is 4.98 Å². The van der Waals surface area contributed by atoms with Gasteiger partial charge in [0.05, 0.1) is 12.4 Å². The number of hydrogen-bond acceptors (Lipinski definition) is 7. The Morgan fingerprint density at radius 3 is 2.13 bits per heavy atom. The number of unbranched alkanes of at least 4 members (excludes halogenated alkanes) is 1. The molecule has 4 aromatic rings. The number of fused-ring (bicyclic) bond motifs is 1. The SMILES string of the molecule is NCCCC[C@H](NC(=O)[C@@H](Cc1ccccc1)NC(=O)[C@@H](Cc1c[nH]c2ccccc12)NC(=O)[C@@H](N)Cc1cnc[nH]1)C(N)=O. The molecule has 0 spiro atoms. The van der Waals surface area contributed by atoms with Crippen molar-refractivity contribution < 1.29 is 19.2 Å². The highest BCUT2D eigenvalue weighted by atomic mass is 16.2. The van der Waals surface area contributed by atoms with Gasteiger partial charge in [-0.05, 0) is 43.0 Å². The van der Waals surface area contributed by atoms with E-state index in [-0.39, 0.29) is 19.3 Å². The van der Waals surface area contributed by atoms with Gasteiger partial charge in [0.1, 0.15) is 18.1 Å². The first kappa shape index (κ1) is 32.9. The standard InChI is InChI=1S/C32H41N9O4/c33-13-7-6-12-26(29(35)42)39-31(44)27(14-20-8-2-1-3-9-20)41-32(45)28(15-21-17-37-25-11-5-4-10-23(21)25)40-30(43)24(34)16-22-18-36-19-38-22/h1-5,8-11,17-19,24,26-28,37H,6-7,12-16,33-34H2,(H2,35,42)(H,36,38)(H,39,44)(H,40,43)(H,41,45)/t24-,26-,27+,28+/m0/s1. The summed E-state index contributed by atoms with van der Waals surface area (Å²) in [6.45, 7) is 0.446. The van der Waals surface area contributed by atoms with E-state index in [2.05, 4.69) is 30.9 Å². The highest BCUT2D eigenvalue weighted by Gasteiger charge is 2.31. The van der Waals surface area contributed by atoms with E-state index in [0.29, 0.717) is 31.5 Å². The van der Waals surface area contributed by atoms with Crippen LogP contribution in [0.25, 0.3) is 10.9 Å². The molecule has 45 heavy (non-hydrogen) atoms. The van der Waals surface area contributed by atoms with Crippen LogP contribution in [0.5, 0.6) is 0 Å². The lowest BCUT2D eigenvalue weighted by atomic mass is 10.0. The van der Waals surface area contributed by atoms with Crippen molar-refractivity contribution in [1.82, 2.24) is 30.9 Å². The highest BCUT2D eigenvalue weighted by Crippen LogP contribution is 2.19. The third-order valence-corrected chi connectivity index (χ3v) is 7.59. The number of primary amides is 1. The molecule has 238 valence electrons. The predicted molar refractivity (Wildman–Crippen MR) is 170 cm³/mol. The highest BCUT2D eigenvalue weighted by molar-refractivity contribution is 5.95. The summed E-state index contributed by atoms with van der Waals surface area (Å²) in [5.74, 6) is -2.38. The van der Waals surface area contributed by atoms with Crippen LogP contribution in [0.1, 0.15) is 36.1 Å². The lowest BCUT2D eigenvalue weighted by Gasteiger charge is -2.25. The van der Waals surface area contributed by atoms with Gasteiger partial charge in [0.25, 0.3) is 0 Å². The number of amides is 4. The van der Waals surface area contributed by atoms with E-state index in [4.69, 9.17) is 17.2 Å². The third kappa shape index (κ3) is 9.49. The van der Waals surface area contributed by atoms with Gasteiger partial charge in [0, 0.05) is 48.3 Å². The number of nitrogens with one attached hydrogen (secondary N) is 5. The van der Waals surface area contributed by atoms with Crippen molar-refractivity contribution in [2.24, 2.45) is 17.2 Å². The Kier molecular flexibility index (Phi) is 11.8. The van der Waals surface area contributed by atoms with Gasteiger partial charge in [-0.15, -0.1) is 0 Å². The summed E-state index contributed by atoms with van der Waals surface area (Å²) in [5, 5.41) is 9.21. The third-order valence-electron chi connectivity index (χ3n) is 7.59. The fourth-order valence-corrected chi connectivity index (χ4v) is 5.12. The predicted octanol–water partition coefficient (Wildman–Crippen LogP) is 0.315. The van der Waals surface area contributed by atoms with E-state index >= 15 is 0 Å². The van der Waals surface area contributed by atoms with Crippen LogP contribution >= 0.6 is 0 Å². The molecule has 11 N–H and O–H groups in total. The smallest absolute Gasteiger partial charge is 0.243 e. The van der Waals surface area contributed by atoms with Crippen LogP contribution in [-0.2, 0) is 38.4 Å². The first-order chi connectivity index (χ1) is 21.7. The number of carbonyl (C=O) groups excluding carboxylic acids is 4. The van der Waals surface area contributed by atoms with Crippen LogP contribution in [0.3, 0.4) is 0 Å². The van der Waals surface area contributed by atoms with Crippen LogP contribution in [0.4, 0.5) is 0 Å². The maximum atomic E-state index is 13.9. The minimum Gasteiger partial charge on any atom is -0.368 e. The van der Waals surface area contributed by atoms with Gasteiger partial charge in [0.2, 0.25) is 23.6 Å². The fourth-order valence-electron chi connectivity index (χ4n) is 5.12. The minimum atomic E-state index is -1.08. The lowest BCUT2D eigenvalue weighted by molar-refractivity contribution is -0.133. The second kappa shape index (κ2) is 16.2. The Hall–Kier alpha value is -5.01. The van der Waals surface area contributed by atoms with Crippen molar-refractivity contribution in [2.45, 2.75) is 62.7 Å². The van der Waals surface area contributed by atoms with Gasteiger partial charge in [-0.2, -0.15) is 0 Å². The fraction of sp³-hybridized carbons (Fsp3) is 0.344. The second-order valence-electron chi connectivity index (χ2n) is 11.0. The lowest BCUT2D eigenvalue weighted by Crippen LogP contribution is -2.58. The van der Waals surface area contributed by atoms with E-state index in [1.807, 2.05) is 54.6 Å². The molecule has 0 saturated carbocycles. The molecule has 0 unspecified atom stereocenters. The molecule has 2 aromatic heterocycles. The minimum absolute atomic E-state index is 0.126. The second-order valence-corrected chi connectivity index (χ2v) is 11.0. The van der Waals surface area contributed by atoms with Crippen molar-refractivity contribution in [3.05, 3.63) is 90.1 Å². The van der Waals surface area contributed by atoms with E-state index in [1.54, 1.807) is 12.4 Å². The normalized spacial score (nSPS) is 13.8. The Morgan fingerprint density at radius 1 is 0.778 bits per heavy atom. The molecule has 13 nitrogen and oxygen atoms in total. The summed E-state index contributed by atoms with van der Waals surface area (Å²) in [4.78, 5) is 63.0. The van der Waals surface area contributed by atoms with Crippen molar-refractivity contribution in [3.8, 4) is 0 Å². The van der Waals surface area contributed by atoms with E-state index in [1.165, 1.54) is 6.33 Å². The van der Waals surface area contributed by atoms with Gasteiger partial charge in [-0.3, -0.25) is 19.2 Å². The average Bonchev–Trinajstić information content (AvgIpc) is 3.70. The zero-order valence-electron chi connectivity index (χ0n) is 25.0. The first-order valence-corrected chi connectivity index (χ1v) is 15.0. The number of hydrogen-bond donors (Lipinski definition) is 8. The number of aromatic nitrogens is 3. The Bertz CT molecular complexity index is 1560. The van der Waals surface area contributed by atoms with Crippen LogP contribution in [0.15, 0.2) is 73.3 Å². The summed E-state index contributed by atoms with van der Waals surface area (Å²) in [7, 11) is 0. The summed E-state index contributed by atoms with van der Waals surface area (Å²) in [6.07, 6.45) is 6.88. The van der Waals surface area contributed by atoms with Crippen molar-refractivity contribution in [1.29, 1.82) is 0 Å². The zero-order valence-corrected chi connectivity index (χ0v) is 25.0. The maximum absolute atomic E-state index is 13.9. The number of aromatic amines is 2. The molecule has 0 saturated heterocycles. The van der Waals surface area contributed by atoms with Crippen LogP contribution in [-0.4, -0.2) is 69.3 Å². The number of imidazole rings is 1. The number of rotatable bonds is 17. The quantitative estimate of drug-likeness (QED) is 0.0775. The molecular weight excluding hydrogens is 574 g/mol. The maximum Gasteiger partial charge on any atom is 0.243 e. The molecule has 2 aromatic carbocycles. The largest absolute Gasteiger partial charge is 0.368 e. The summed E-state index contributed by atoms with van der Waals surface area (Å²) in [6, 6.07) is 12.7. The molecular formula is C32H41N9O4. The topological polar surface area (TPSA) is 227 Å². The van der Waals surface area contributed by atoms with Crippen molar-refractivity contribution in [2.75, 3.05) is 6.54 Å². The number of H-pyrrole nitrogens is 2. The summed E-state index contributed by atoms with van der Waals surface area (Å²) < 4.78 is 0. The molecule has 0 aliphatic rings. The van der Waals surface area contributed by atoms with E-state index in [9.17, 15) is 19.2 Å². The first-order valence-electron chi connectivity index (χ1n) is 15.0. The molecule has 0 bridgehead atoms. The number of carbonyl (C=O) groups is 4. The van der Waals surface area contributed by atoms with Gasteiger partial charge < -0.3 is 43.1 Å². The van der Waals surface area contributed by atoms with E-state index in [0.717, 1.165) is 22.0 Å². The molecule has 0 radical (unpaired) electrons. The molecule has 0 aliphatic heterocycles. The van der Waals surface area contributed by atoms with Crippen LogP contribution < -0.4 is 33.2 Å². The van der Waals surface area contributed by atoms with Crippen molar-refractivity contribution >= 4 is 34.5 Å². The van der Waals surface area contributed by atoms with Gasteiger partial charge in [0.15, 0.2) is 0 Å². The Balaban J connectivity index is 1.57. The molecule has 4 amide bonds. The average molecular weight is 616 g/mol. The van der Waals surface area contributed by atoms with E-state index < -0.39 is 47.8 Å². The Labute approximate surface area is 261 Å². The number of nitrogens with zero attached hydrogens (tertiary/aromatic N) is 1. The Morgan fingerprint density at radius 2 is 1.44 bits per heavy atom. The molecule has 2 heterocycles. The molecule has 4 atom stereocenters. The molecule has 0 fully saturated rings. The van der Waals surface area contributed by atoms with Gasteiger partial charge >= 0.3 is 0 Å². The van der Waals surface area contributed by atoms with Crippen LogP contribution in [0, 0.1) is 0 Å². The van der Waals surface area contributed by atoms with Crippen LogP contribution in [0.2, 0.25) is 0 Å². The van der Waals surface area contributed by atoms with Gasteiger partial charge in [-0.1, -0.05) is 48.5 Å². The number of benzene rings is 2. The summed E-state index contributed by atoms with van der Waals surface area (Å²) >= 11 is 0. The van der Waals surface area contributed by atoms with Crippen molar-refractivity contribution in [3.63, 3.8) is 0 Å². The zero-order chi connectivity index (χ0) is 32.2. The summed E-state index contributed by atoms with van der Waals surface area (Å²) in [5.41, 5.74) is 20.5. The molecule has 13 heteroatoms.